The summed E-state index contributed by atoms with van der Waals surface area (Å²) in [7, 11) is 1.50. The topological polar surface area (TPSA) is 101 Å². The zero-order valence-electron chi connectivity index (χ0n) is 15.6. The molecule has 0 aliphatic heterocycles. The van der Waals surface area contributed by atoms with Crippen molar-refractivity contribution >= 4 is 28.7 Å². The van der Waals surface area contributed by atoms with E-state index in [1.807, 2.05) is 0 Å². The van der Waals surface area contributed by atoms with Gasteiger partial charge in [0.25, 0.3) is 5.56 Å². The largest absolute Gasteiger partial charge is 0.495 e. The molecule has 2 aromatic heterocycles. The van der Waals surface area contributed by atoms with Crippen LogP contribution in [0.3, 0.4) is 0 Å². The second kappa shape index (κ2) is 7.96. The number of methoxy groups -OCH3 is 1. The van der Waals surface area contributed by atoms with Crippen molar-refractivity contribution in [3.8, 4) is 17.0 Å². The molecule has 2 heterocycles. The lowest BCUT2D eigenvalue weighted by Crippen LogP contribution is -2.22. The normalized spacial score (nSPS) is 10.9. The zero-order valence-corrected chi connectivity index (χ0v) is 16.4. The van der Waals surface area contributed by atoms with Crippen molar-refractivity contribution in [3.63, 3.8) is 0 Å². The number of carbonyl (C=O) groups is 1. The predicted octanol–water partition coefficient (Wildman–Crippen LogP) is 3.07. The lowest BCUT2D eigenvalue weighted by Gasteiger charge is -2.08. The van der Waals surface area contributed by atoms with E-state index in [2.05, 4.69) is 20.6 Å². The number of aromatic amines is 1. The summed E-state index contributed by atoms with van der Waals surface area (Å²) in [6, 6.07) is 12.1. The number of carbonyl (C=O) groups excluding carboxylic acids is 1. The number of nitrogens with zero attached hydrogens (tertiary/aromatic N) is 3. The molecule has 0 unspecified atom stereocenters. The molecule has 0 aliphatic carbocycles. The highest BCUT2D eigenvalue weighted by atomic mass is 35.5. The number of H-pyrrole nitrogens is 1. The van der Waals surface area contributed by atoms with Gasteiger partial charge in [0.1, 0.15) is 17.1 Å². The third kappa shape index (κ3) is 3.87. The molecule has 30 heavy (non-hydrogen) atoms. The maximum Gasteiger partial charge on any atom is 0.290 e. The van der Waals surface area contributed by atoms with E-state index in [0.29, 0.717) is 27.7 Å². The smallest absolute Gasteiger partial charge is 0.290 e. The Labute approximate surface area is 174 Å². The fraction of sp³-hybridized carbons (Fsp3) is 0.100. The minimum atomic E-state index is -0.457. The molecule has 1 amide bonds. The van der Waals surface area contributed by atoms with E-state index in [4.69, 9.17) is 16.3 Å². The van der Waals surface area contributed by atoms with Crippen LogP contribution in [-0.2, 0) is 11.2 Å². The number of hydrogen-bond donors (Lipinski definition) is 2. The van der Waals surface area contributed by atoms with Crippen molar-refractivity contribution < 1.29 is 13.9 Å². The highest BCUT2D eigenvalue weighted by Gasteiger charge is 2.15. The van der Waals surface area contributed by atoms with Gasteiger partial charge in [0, 0.05) is 11.3 Å². The van der Waals surface area contributed by atoms with Crippen LogP contribution in [0.5, 0.6) is 5.75 Å². The van der Waals surface area contributed by atoms with Crippen LogP contribution in [0.25, 0.3) is 16.8 Å². The molecule has 2 aromatic carbocycles. The standard InChI is InChI=1S/C20H15ClFN5O3/c1-30-17-7-6-13(8-14(17)21)23-19(28)10-18-24-25-20(29)16-9-15(26-27(16)18)11-2-4-12(22)5-3-11/h2-9H,10H2,1H3,(H,23,28)(H,25,29). The number of halogens is 2. The predicted molar refractivity (Wildman–Crippen MR) is 109 cm³/mol. The van der Waals surface area contributed by atoms with Crippen molar-refractivity contribution in [1.29, 1.82) is 0 Å². The Morgan fingerprint density at radius 2 is 2.00 bits per heavy atom. The van der Waals surface area contributed by atoms with E-state index < -0.39 is 5.56 Å². The number of hydrogen-bond acceptors (Lipinski definition) is 5. The minimum Gasteiger partial charge on any atom is -0.495 e. The van der Waals surface area contributed by atoms with E-state index in [9.17, 15) is 14.0 Å². The van der Waals surface area contributed by atoms with Gasteiger partial charge in [-0.1, -0.05) is 11.6 Å². The molecule has 0 radical (unpaired) electrons. The van der Waals surface area contributed by atoms with Gasteiger partial charge in [-0.25, -0.2) is 14.0 Å². The Bertz CT molecular complexity index is 1300. The molecule has 10 heteroatoms. The van der Waals surface area contributed by atoms with Crippen LogP contribution >= 0.6 is 11.6 Å². The van der Waals surface area contributed by atoms with Gasteiger partial charge in [0.2, 0.25) is 5.91 Å². The first-order valence-electron chi connectivity index (χ1n) is 8.81. The number of rotatable bonds is 5. The van der Waals surface area contributed by atoms with E-state index in [-0.39, 0.29) is 29.5 Å². The van der Waals surface area contributed by atoms with Crippen molar-refractivity contribution in [2.24, 2.45) is 0 Å². The molecule has 0 fully saturated rings. The summed E-state index contributed by atoms with van der Waals surface area (Å²) in [5, 5.41) is 13.8. The van der Waals surface area contributed by atoms with Gasteiger partial charge in [-0.3, -0.25) is 9.59 Å². The summed E-state index contributed by atoms with van der Waals surface area (Å²) >= 11 is 6.07. The van der Waals surface area contributed by atoms with Crippen molar-refractivity contribution in [3.05, 3.63) is 75.5 Å². The van der Waals surface area contributed by atoms with Gasteiger partial charge in [-0.2, -0.15) is 10.2 Å². The van der Waals surface area contributed by atoms with Crippen LogP contribution < -0.4 is 15.6 Å². The van der Waals surface area contributed by atoms with Gasteiger partial charge in [-0.15, -0.1) is 0 Å². The molecule has 4 aromatic rings. The molecular weight excluding hydrogens is 413 g/mol. The zero-order chi connectivity index (χ0) is 21.3. The highest BCUT2D eigenvalue weighted by molar-refractivity contribution is 6.32. The summed E-state index contributed by atoms with van der Waals surface area (Å²) in [4.78, 5) is 24.6. The fourth-order valence-corrected chi connectivity index (χ4v) is 3.19. The Balaban J connectivity index is 1.61. The second-order valence-corrected chi connectivity index (χ2v) is 6.78. The molecule has 0 aliphatic rings. The Morgan fingerprint density at radius 3 is 2.70 bits per heavy atom. The number of ether oxygens (including phenoxy) is 1. The second-order valence-electron chi connectivity index (χ2n) is 6.38. The van der Waals surface area contributed by atoms with Crippen LogP contribution in [0.1, 0.15) is 5.82 Å². The first kappa shape index (κ1) is 19.6. The van der Waals surface area contributed by atoms with Crippen LogP contribution in [-0.4, -0.2) is 32.8 Å². The van der Waals surface area contributed by atoms with Crippen LogP contribution in [0.15, 0.2) is 53.3 Å². The molecule has 4 rings (SSSR count). The molecular formula is C20H15ClFN5O3. The average Bonchev–Trinajstić information content (AvgIpc) is 3.17. The first-order valence-corrected chi connectivity index (χ1v) is 9.19. The molecule has 0 atom stereocenters. The summed E-state index contributed by atoms with van der Waals surface area (Å²) < 4.78 is 19.6. The van der Waals surface area contributed by atoms with Gasteiger partial charge in [0.05, 0.1) is 24.2 Å². The van der Waals surface area contributed by atoms with Crippen LogP contribution in [0.4, 0.5) is 10.1 Å². The molecule has 0 bridgehead atoms. The molecule has 152 valence electrons. The van der Waals surface area contributed by atoms with Crippen molar-refractivity contribution in [2.75, 3.05) is 12.4 Å². The van der Waals surface area contributed by atoms with E-state index in [0.717, 1.165) is 0 Å². The Hall–Kier alpha value is -3.72. The summed E-state index contributed by atoms with van der Waals surface area (Å²) in [6.07, 6.45) is -0.151. The summed E-state index contributed by atoms with van der Waals surface area (Å²) in [5.41, 5.74) is 1.33. The lowest BCUT2D eigenvalue weighted by molar-refractivity contribution is -0.115. The van der Waals surface area contributed by atoms with E-state index in [1.165, 1.54) is 23.8 Å². The van der Waals surface area contributed by atoms with Gasteiger partial charge in [-0.05, 0) is 48.5 Å². The number of benzene rings is 2. The maximum absolute atomic E-state index is 13.2. The number of aromatic nitrogens is 4. The summed E-state index contributed by atoms with van der Waals surface area (Å²) in [6.45, 7) is 0. The molecule has 0 spiro atoms. The van der Waals surface area contributed by atoms with Crippen molar-refractivity contribution in [1.82, 2.24) is 19.8 Å². The quantitative estimate of drug-likeness (QED) is 0.509. The molecule has 8 nitrogen and oxygen atoms in total. The van der Waals surface area contributed by atoms with Crippen LogP contribution in [0.2, 0.25) is 5.02 Å². The average molecular weight is 428 g/mol. The highest BCUT2D eigenvalue weighted by Crippen LogP contribution is 2.27. The minimum absolute atomic E-state index is 0.151. The Morgan fingerprint density at radius 1 is 1.23 bits per heavy atom. The number of nitrogens with one attached hydrogen (secondary N) is 2. The monoisotopic (exact) mass is 427 g/mol. The van der Waals surface area contributed by atoms with E-state index >= 15 is 0 Å². The molecule has 0 saturated heterocycles. The SMILES string of the molecule is COc1ccc(NC(=O)Cc2n[nH]c(=O)c3cc(-c4ccc(F)cc4)nn23)cc1Cl. The van der Waals surface area contributed by atoms with Crippen LogP contribution in [0, 0.1) is 5.82 Å². The van der Waals surface area contributed by atoms with Crippen molar-refractivity contribution in [2.45, 2.75) is 6.42 Å². The number of fused-ring (bicyclic) bond motifs is 1. The number of anilines is 1. The summed E-state index contributed by atoms with van der Waals surface area (Å²) in [5.74, 6) is -0.0347. The number of amides is 1. The van der Waals surface area contributed by atoms with Gasteiger partial charge in [0.15, 0.2) is 5.82 Å². The van der Waals surface area contributed by atoms with E-state index in [1.54, 1.807) is 36.4 Å². The molecule has 2 N–H and O–H groups in total. The van der Waals surface area contributed by atoms with Gasteiger partial charge >= 0.3 is 0 Å². The maximum atomic E-state index is 13.2. The first-order chi connectivity index (χ1) is 14.4. The Kier molecular flexibility index (Phi) is 5.20. The lowest BCUT2D eigenvalue weighted by atomic mass is 10.1. The fourth-order valence-electron chi connectivity index (χ4n) is 2.93. The third-order valence-electron chi connectivity index (χ3n) is 4.37. The molecule has 0 saturated carbocycles. The van der Waals surface area contributed by atoms with Gasteiger partial charge < -0.3 is 10.1 Å². The third-order valence-corrected chi connectivity index (χ3v) is 4.66.